The normalized spacial score (nSPS) is 15.5. The molecule has 22 heavy (non-hydrogen) atoms. The molecule has 0 bridgehead atoms. The van der Waals surface area contributed by atoms with Gasteiger partial charge < -0.3 is 10.1 Å². The topological polar surface area (TPSA) is 67.3 Å². The van der Waals surface area contributed by atoms with Crippen molar-refractivity contribution in [2.24, 2.45) is 0 Å². The molecule has 1 N–H and O–H groups in total. The quantitative estimate of drug-likeness (QED) is 0.937. The molecule has 1 aromatic heterocycles. The Kier molecular flexibility index (Phi) is 4.11. The van der Waals surface area contributed by atoms with E-state index < -0.39 is 0 Å². The minimum absolute atomic E-state index is 0.0346. The zero-order valence-corrected chi connectivity index (χ0v) is 12.7. The summed E-state index contributed by atoms with van der Waals surface area (Å²) in [5.41, 5.74) is 1.90. The number of hydrogen-bond acceptors (Lipinski definition) is 5. The van der Waals surface area contributed by atoms with Crippen molar-refractivity contribution in [3.05, 3.63) is 47.4 Å². The van der Waals surface area contributed by atoms with Crippen LogP contribution in [0.4, 0.5) is 16.3 Å². The lowest BCUT2D eigenvalue weighted by Gasteiger charge is -2.17. The van der Waals surface area contributed by atoms with E-state index in [-0.39, 0.29) is 12.1 Å². The second-order valence-electron chi connectivity index (χ2n) is 4.95. The Hall–Kier alpha value is -2.34. The largest absolute Gasteiger partial charge is 0.447 e. The van der Waals surface area contributed by atoms with Gasteiger partial charge >= 0.3 is 6.09 Å². The van der Waals surface area contributed by atoms with E-state index >= 15 is 0 Å². The number of anilines is 2. The smallest absolute Gasteiger partial charge is 0.414 e. The highest BCUT2D eigenvalue weighted by atomic mass is 35.5. The molecule has 0 radical (unpaired) electrons. The second-order valence-corrected chi connectivity index (χ2v) is 5.34. The molecule has 2 heterocycles. The van der Waals surface area contributed by atoms with Crippen LogP contribution in [0.3, 0.4) is 0 Å². The lowest BCUT2D eigenvalue weighted by Crippen LogP contribution is -2.23. The summed E-state index contributed by atoms with van der Waals surface area (Å²) in [5.74, 6) is 0.618. The molecule has 1 amide bonds. The second kappa shape index (κ2) is 6.19. The van der Waals surface area contributed by atoms with Gasteiger partial charge in [0.25, 0.3) is 0 Å². The van der Waals surface area contributed by atoms with Crippen molar-refractivity contribution < 1.29 is 9.53 Å². The van der Waals surface area contributed by atoms with E-state index in [0.717, 1.165) is 11.3 Å². The summed E-state index contributed by atoms with van der Waals surface area (Å²) in [6.45, 7) is 3.04. The number of nitrogens with zero attached hydrogens (tertiary/aromatic N) is 3. The lowest BCUT2D eigenvalue weighted by atomic mass is 10.1. The highest BCUT2D eigenvalue weighted by molar-refractivity contribution is 6.29. The van der Waals surface area contributed by atoms with E-state index in [9.17, 15) is 4.79 Å². The van der Waals surface area contributed by atoms with Crippen LogP contribution in [-0.2, 0) is 4.74 Å². The monoisotopic (exact) mass is 318 g/mol. The number of ether oxygens (including phenoxy) is 1. The van der Waals surface area contributed by atoms with Gasteiger partial charge in [0.15, 0.2) is 0 Å². The van der Waals surface area contributed by atoms with Crippen LogP contribution in [0.2, 0.25) is 5.15 Å². The van der Waals surface area contributed by atoms with Crippen LogP contribution < -0.4 is 10.2 Å². The van der Waals surface area contributed by atoms with Gasteiger partial charge in [-0.3, -0.25) is 9.88 Å². The molecule has 0 spiro atoms. The van der Waals surface area contributed by atoms with E-state index in [1.807, 2.05) is 31.2 Å². The molecule has 1 aliphatic heterocycles. The van der Waals surface area contributed by atoms with Gasteiger partial charge in [0.1, 0.15) is 17.6 Å². The first kappa shape index (κ1) is 14.6. The predicted molar refractivity (Wildman–Crippen MR) is 84.2 cm³/mol. The average Bonchev–Trinajstić information content (AvgIpc) is 2.93. The zero-order chi connectivity index (χ0) is 15.5. The van der Waals surface area contributed by atoms with E-state index in [1.54, 1.807) is 11.1 Å². The fourth-order valence-corrected chi connectivity index (χ4v) is 2.44. The third kappa shape index (κ3) is 3.12. The molecule has 114 valence electrons. The molecular weight excluding hydrogens is 304 g/mol. The summed E-state index contributed by atoms with van der Waals surface area (Å²) in [7, 11) is 0. The number of rotatable bonds is 4. The van der Waals surface area contributed by atoms with Crippen LogP contribution in [0.25, 0.3) is 0 Å². The van der Waals surface area contributed by atoms with Crippen molar-refractivity contribution in [2.45, 2.75) is 13.0 Å². The maximum atomic E-state index is 11.5. The third-order valence-corrected chi connectivity index (χ3v) is 3.62. The van der Waals surface area contributed by atoms with Gasteiger partial charge in [-0.25, -0.2) is 9.78 Å². The summed E-state index contributed by atoms with van der Waals surface area (Å²) < 4.78 is 4.93. The maximum Gasteiger partial charge on any atom is 0.414 e. The molecule has 1 atom stereocenters. The Balaban J connectivity index is 1.70. The van der Waals surface area contributed by atoms with E-state index in [1.165, 1.54) is 6.20 Å². The first-order chi connectivity index (χ1) is 10.6. The summed E-state index contributed by atoms with van der Waals surface area (Å²) in [5, 5.41) is 3.58. The van der Waals surface area contributed by atoms with Crippen LogP contribution in [0.15, 0.2) is 36.7 Å². The van der Waals surface area contributed by atoms with Gasteiger partial charge in [0.05, 0.1) is 18.9 Å². The van der Waals surface area contributed by atoms with Crippen molar-refractivity contribution >= 4 is 29.2 Å². The van der Waals surface area contributed by atoms with Crippen LogP contribution in [0.5, 0.6) is 0 Å². The average molecular weight is 319 g/mol. The van der Waals surface area contributed by atoms with Crippen molar-refractivity contribution in [3.8, 4) is 0 Å². The SMILES string of the molecule is CC(Nc1cncc(Cl)n1)c1ccc(N2CCOC2=O)cc1. The molecule has 0 aliphatic carbocycles. The number of aromatic nitrogens is 2. The van der Waals surface area contributed by atoms with Crippen molar-refractivity contribution in [1.29, 1.82) is 0 Å². The Labute approximate surface area is 133 Å². The standard InChI is InChI=1S/C15H15ClN4O2/c1-10(18-14-9-17-8-13(16)19-14)11-2-4-12(5-3-11)20-6-7-22-15(20)21/h2-5,8-10H,6-7H2,1H3,(H,18,19). The number of cyclic esters (lactones) is 1. The van der Waals surface area contributed by atoms with Gasteiger partial charge in [-0.2, -0.15) is 0 Å². The summed E-state index contributed by atoms with van der Waals surface area (Å²) >= 11 is 5.82. The van der Waals surface area contributed by atoms with E-state index in [2.05, 4.69) is 15.3 Å². The highest BCUT2D eigenvalue weighted by Gasteiger charge is 2.23. The van der Waals surface area contributed by atoms with E-state index in [0.29, 0.717) is 24.1 Å². The van der Waals surface area contributed by atoms with Gasteiger partial charge in [0, 0.05) is 11.7 Å². The Morgan fingerprint density at radius 2 is 2.09 bits per heavy atom. The Morgan fingerprint density at radius 3 is 2.73 bits per heavy atom. The van der Waals surface area contributed by atoms with Crippen molar-refractivity contribution in [3.63, 3.8) is 0 Å². The molecule has 3 rings (SSSR count). The van der Waals surface area contributed by atoms with Crippen molar-refractivity contribution in [1.82, 2.24) is 9.97 Å². The number of halogens is 1. The summed E-state index contributed by atoms with van der Waals surface area (Å²) in [4.78, 5) is 21.3. The zero-order valence-electron chi connectivity index (χ0n) is 12.0. The molecular formula is C15H15ClN4O2. The fraction of sp³-hybridized carbons (Fsp3) is 0.267. The van der Waals surface area contributed by atoms with Crippen LogP contribution in [0, 0.1) is 0 Å². The van der Waals surface area contributed by atoms with Gasteiger partial charge in [-0.05, 0) is 24.6 Å². The number of nitrogens with one attached hydrogen (secondary N) is 1. The minimum atomic E-state index is -0.298. The van der Waals surface area contributed by atoms with Gasteiger partial charge in [0.2, 0.25) is 0 Å². The number of carbonyl (C=O) groups excluding carboxylic acids is 1. The number of carbonyl (C=O) groups is 1. The molecule has 1 unspecified atom stereocenters. The summed E-state index contributed by atoms with van der Waals surface area (Å²) in [6, 6.07) is 7.79. The molecule has 1 aliphatic rings. The third-order valence-electron chi connectivity index (χ3n) is 3.44. The molecule has 1 fully saturated rings. The summed E-state index contributed by atoms with van der Waals surface area (Å²) in [6.07, 6.45) is 2.81. The van der Waals surface area contributed by atoms with Gasteiger partial charge in [-0.1, -0.05) is 23.7 Å². The number of benzene rings is 1. The molecule has 7 heteroatoms. The maximum absolute atomic E-state index is 11.5. The van der Waals surface area contributed by atoms with Crippen molar-refractivity contribution in [2.75, 3.05) is 23.4 Å². The van der Waals surface area contributed by atoms with Gasteiger partial charge in [-0.15, -0.1) is 0 Å². The first-order valence-electron chi connectivity index (χ1n) is 6.92. The van der Waals surface area contributed by atoms with Crippen LogP contribution in [0.1, 0.15) is 18.5 Å². The highest BCUT2D eigenvalue weighted by Crippen LogP contribution is 2.23. The Morgan fingerprint density at radius 1 is 1.32 bits per heavy atom. The Bertz CT molecular complexity index is 677. The minimum Gasteiger partial charge on any atom is -0.447 e. The molecule has 0 saturated carbocycles. The van der Waals surface area contributed by atoms with E-state index in [4.69, 9.17) is 16.3 Å². The number of amides is 1. The van der Waals surface area contributed by atoms with Crippen LogP contribution >= 0.6 is 11.6 Å². The molecule has 1 saturated heterocycles. The van der Waals surface area contributed by atoms with Crippen LogP contribution in [-0.4, -0.2) is 29.2 Å². The number of hydrogen-bond donors (Lipinski definition) is 1. The molecule has 6 nitrogen and oxygen atoms in total. The fourth-order valence-electron chi connectivity index (χ4n) is 2.29. The molecule has 2 aromatic rings. The molecule has 1 aromatic carbocycles. The predicted octanol–water partition coefficient (Wildman–Crippen LogP) is 3.26. The lowest BCUT2D eigenvalue weighted by molar-refractivity contribution is 0.181. The first-order valence-corrected chi connectivity index (χ1v) is 7.29.